The van der Waals surface area contributed by atoms with Crippen LogP contribution in [-0.2, 0) is 13.0 Å². The highest BCUT2D eigenvalue weighted by atomic mass is 28.4. The molecule has 0 saturated carbocycles. The molecule has 3 nitrogen and oxygen atoms in total. The predicted octanol–water partition coefficient (Wildman–Crippen LogP) is 1.80. The third-order valence-electron chi connectivity index (χ3n) is 0.978. The fraction of sp³-hybridized carbons (Fsp3) is 0.500. The van der Waals surface area contributed by atoms with Gasteiger partial charge in [-0.05, 0) is 26.9 Å². The molecule has 0 aromatic rings. The highest BCUT2D eigenvalue weighted by Gasteiger charge is 2.20. The Bertz CT molecular complexity index is 176. The standard InChI is InChI=1S/C8H18O3Si2/c1-7(2)9-13(10-8(3)4)11-12(5)6/h12-13H,1,3H2,2,4-6H3. The minimum Gasteiger partial charge on any atom is -0.500 e. The van der Waals surface area contributed by atoms with Crippen molar-refractivity contribution in [3.8, 4) is 0 Å². The summed E-state index contributed by atoms with van der Waals surface area (Å²) >= 11 is 0. The third kappa shape index (κ3) is 7.82. The van der Waals surface area contributed by atoms with Gasteiger partial charge in [0.1, 0.15) is 0 Å². The van der Waals surface area contributed by atoms with Crippen molar-refractivity contribution in [2.24, 2.45) is 0 Å². The molecule has 0 saturated heterocycles. The van der Waals surface area contributed by atoms with Gasteiger partial charge in [-0.15, -0.1) is 0 Å². The van der Waals surface area contributed by atoms with Crippen LogP contribution in [0.1, 0.15) is 13.8 Å². The molecule has 0 rings (SSSR count). The van der Waals surface area contributed by atoms with E-state index in [2.05, 4.69) is 26.3 Å². The normalized spacial score (nSPS) is 10.3. The molecule has 0 heterocycles. The summed E-state index contributed by atoms with van der Waals surface area (Å²) in [5.74, 6) is 1.26. The average Bonchev–Trinajstić information content (AvgIpc) is 1.80. The van der Waals surface area contributed by atoms with Gasteiger partial charge in [-0.3, -0.25) is 0 Å². The van der Waals surface area contributed by atoms with E-state index >= 15 is 0 Å². The van der Waals surface area contributed by atoms with E-state index in [-0.39, 0.29) is 0 Å². The van der Waals surface area contributed by atoms with Gasteiger partial charge in [0, 0.05) is 0 Å². The Kier molecular flexibility index (Phi) is 5.77. The average molecular weight is 218 g/mol. The van der Waals surface area contributed by atoms with E-state index < -0.39 is 18.6 Å². The van der Waals surface area contributed by atoms with Gasteiger partial charge in [-0.1, -0.05) is 13.2 Å². The Morgan fingerprint density at radius 3 is 1.62 bits per heavy atom. The molecule has 0 radical (unpaired) electrons. The lowest BCUT2D eigenvalue weighted by Crippen LogP contribution is -2.30. The van der Waals surface area contributed by atoms with Crippen molar-refractivity contribution in [3.63, 3.8) is 0 Å². The van der Waals surface area contributed by atoms with Crippen molar-refractivity contribution in [1.82, 2.24) is 0 Å². The Labute approximate surface area is 83.7 Å². The second kappa shape index (κ2) is 6.01. The fourth-order valence-corrected chi connectivity index (χ4v) is 3.56. The quantitative estimate of drug-likeness (QED) is 0.503. The maximum Gasteiger partial charge on any atom is 0.604 e. The van der Waals surface area contributed by atoms with Gasteiger partial charge in [-0.25, -0.2) is 0 Å². The summed E-state index contributed by atoms with van der Waals surface area (Å²) in [7, 11) is -3.16. The van der Waals surface area contributed by atoms with Crippen LogP contribution in [0.5, 0.6) is 0 Å². The van der Waals surface area contributed by atoms with Crippen molar-refractivity contribution in [2.45, 2.75) is 26.9 Å². The molecule has 76 valence electrons. The summed E-state index contributed by atoms with van der Waals surface area (Å²) in [6.45, 7) is 15.0. The largest absolute Gasteiger partial charge is 0.604 e. The first kappa shape index (κ1) is 12.5. The second-order valence-electron chi connectivity index (χ2n) is 3.11. The summed E-state index contributed by atoms with van der Waals surface area (Å²) in [5.41, 5.74) is 0. The highest BCUT2D eigenvalue weighted by molar-refractivity contribution is 6.58. The molecule has 0 aliphatic rings. The molecule has 0 spiro atoms. The third-order valence-corrected chi connectivity index (χ3v) is 5.23. The van der Waals surface area contributed by atoms with Crippen molar-refractivity contribution in [1.29, 1.82) is 0 Å². The lowest BCUT2D eigenvalue weighted by atomic mass is 10.7. The fourth-order valence-electron chi connectivity index (χ4n) is 0.630. The molecule has 0 bridgehead atoms. The lowest BCUT2D eigenvalue weighted by molar-refractivity contribution is 0.219. The van der Waals surface area contributed by atoms with Crippen molar-refractivity contribution < 1.29 is 13.0 Å². The van der Waals surface area contributed by atoms with Gasteiger partial charge in [0.25, 0.3) is 0 Å². The summed E-state index contributed by atoms with van der Waals surface area (Å²) in [6, 6.07) is 0. The van der Waals surface area contributed by atoms with E-state index in [1.54, 1.807) is 13.8 Å². The van der Waals surface area contributed by atoms with E-state index in [1.807, 2.05) is 0 Å². The van der Waals surface area contributed by atoms with E-state index in [0.717, 1.165) is 0 Å². The Morgan fingerprint density at radius 1 is 1.00 bits per heavy atom. The Morgan fingerprint density at radius 2 is 1.38 bits per heavy atom. The van der Waals surface area contributed by atoms with Crippen LogP contribution in [0.15, 0.2) is 24.7 Å². The summed E-state index contributed by atoms with van der Waals surface area (Å²) in [4.78, 5) is 0. The summed E-state index contributed by atoms with van der Waals surface area (Å²) in [5, 5.41) is 0. The van der Waals surface area contributed by atoms with Crippen LogP contribution in [0.2, 0.25) is 13.1 Å². The molecular weight excluding hydrogens is 200 g/mol. The summed E-state index contributed by atoms with van der Waals surface area (Å²) < 4.78 is 16.3. The maximum atomic E-state index is 5.58. The van der Waals surface area contributed by atoms with Crippen molar-refractivity contribution >= 4 is 18.6 Å². The first-order chi connectivity index (χ1) is 5.91. The van der Waals surface area contributed by atoms with Gasteiger partial charge in [0.15, 0.2) is 9.04 Å². The van der Waals surface area contributed by atoms with E-state index in [0.29, 0.717) is 11.5 Å². The molecule has 0 atom stereocenters. The first-order valence-electron chi connectivity index (χ1n) is 4.21. The SMILES string of the molecule is C=C(C)O[SiH](OC(=C)C)O[SiH](C)C. The van der Waals surface area contributed by atoms with Gasteiger partial charge in [0.05, 0.1) is 11.5 Å². The lowest BCUT2D eigenvalue weighted by Gasteiger charge is -2.19. The van der Waals surface area contributed by atoms with Crippen molar-refractivity contribution in [3.05, 3.63) is 24.7 Å². The highest BCUT2D eigenvalue weighted by Crippen LogP contribution is 2.05. The van der Waals surface area contributed by atoms with E-state index in [1.165, 1.54) is 0 Å². The molecule has 0 fully saturated rings. The molecule has 0 amide bonds. The molecule has 0 aromatic heterocycles. The van der Waals surface area contributed by atoms with Gasteiger partial charge >= 0.3 is 9.53 Å². The van der Waals surface area contributed by atoms with Crippen LogP contribution < -0.4 is 0 Å². The van der Waals surface area contributed by atoms with E-state index in [9.17, 15) is 0 Å². The predicted molar refractivity (Wildman–Crippen MR) is 58.9 cm³/mol. The minimum atomic E-state index is -2.04. The number of rotatable bonds is 6. The second-order valence-corrected chi connectivity index (χ2v) is 7.35. The van der Waals surface area contributed by atoms with Crippen LogP contribution in [-0.4, -0.2) is 18.6 Å². The van der Waals surface area contributed by atoms with Crippen LogP contribution in [0.3, 0.4) is 0 Å². The molecule has 0 aliphatic carbocycles. The zero-order valence-corrected chi connectivity index (χ0v) is 11.1. The maximum absolute atomic E-state index is 5.58. The number of hydrogen-bond acceptors (Lipinski definition) is 3. The minimum absolute atomic E-state index is 0.632. The van der Waals surface area contributed by atoms with Crippen LogP contribution in [0.25, 0.3) is 0 Å². The Balaban J connectivity index is 4.02. The van der Waals surface area contributed by atoms with Gasteiger partial charge in [-0.2, -0.15) is 0 Å². The topological polar surface area (TPSA) is 27.7 Å². The molecule has 13 heavy (non-hydrogen) atoms. The zero-order chi connectivity index (χ0) is 10.4. The number of allylic oxidation sites excluding steroid dienone is 2. The van der Waals surface area contributed by atoms with Gasteiger partial charge < -0.3 is 13.0 Å². The molecule has 0 unspecified atom stereocenters. The van der Waals surface area contributed by atoms with E-state index in [4.69, 9.17) is 13.0 Å². The van der Waals surface area contributed by atoms with Crippen molar-refractivity contribution in [2.75, 3.05) is 0 Å². The molecule has 5 heteroatoms. The smallest absolute Gasteiger partial charge is 0.500 e. The first-order valence-corrected chi connectivity index (χ1v) is 8.41. The molecule has 0 aromatic carbocycles. The summed E-state index contributed by atoms with van der Waals surface area (Å²) in [6.07, 6.45) is 0. The Hall–Kier alpha value is -0.526. The van der Waals surface area contributed by atoms with Crippen LogP contribution >= 0.6 is 0 Å². The molecule has 0 N–H and O–H groups in total. The van der Waals surface area contributed by atoms with Gasteiger partial charge in [0.2, 0.25) is 0 Å². The van der Waals surface area contributed by atoms with Crippen LogP contribution in [0.4, 0.5) is 0 Å². The molecule has 0 aliphatic heterocycles. The van der Waals surface area contributed by atoms with Crippen LogP contribution in [0, 0.1) is 0 Å². The monoisotopic (exact) mass is 218 g/mol. The number of hydrogen-bond donors (Lipinski definition) is 0. The molecular formula is C8H18O3Si2. The zero-order valence-electron chi connectivity index (χ0n) is 8.79.